The average Bonchev–Trinajstić information content (AvgIpc) is 2.90. The molecule has 192 valence electrons. The number of rotatable bonds is 9. The second-order valence-electron chi connectivity index (χ2n) is 8.42. The molecule has 0 heterocycles. The lowest BCUT2D eigenvalue weighted by Crippen LogP contribution is -2.34. The first-order valence-electron chi connectivity index (χ1n) is 12.0. The average molecular weight is 589 g/mol. The van der Waals surface area contributed by atoms with Gasteiger partial charge in [-0.05, 0) is 59.7 Å². The van der Waals surface area contributed by atoms with Crippen molar-refractivity contribution in [3.8, 4) is 5.75 Å². The lowest BCUT2D eigenvalue weighted by molar-refractivity contribution is -0.115. The van der Waals surface area contributed by atoms with Crippen LogP contribution < -0.4 is 20.7 Å². The number of anilines is 2. The Morgan fingerprint density at radius 2 is 1.42 bits per heavy atom. The summed E-state index contributed by atoms with van der Waals surface area (Å²) in [5.41, 5.74) is 3.68. The van der Waals surface area contributed by atoms with Crippen LogP contribution in [0.2, 0.25) is 0 Å². The summed E-state index contributed by atoms with van der Waals surface area (Å²) in [6, 6.07) is 31.9. The van der Waals surface area contributed by atoms with E-state index in [-0.39, 0.29) is 17.4 Å². The van der Waals surface area contributed by atoms with Crippen LogP contribution in [-0.4, -0.2) is 23.5 Å². The van der Waals surface area contributed by atoms with Gasteiger partial charge in [-0.2, -0.15) is 0 Å². The van der Waals surface area contributed by atoms with Crippen LogP contribution >= 0.6 is 28.1 Å². The molecule has 0 saturated carbocycles. The first-order chi connectivity index (χ1) is 18.5. The molecule has 0 aliphatic carbocycles. The van der Waals surface area contributed by atoms with Gasteiger partial charge >= 0.3 is 0 Å². The van der Waals surface area contributed by atoms with E-state index in [2.05, 4.69) is 31.9 Å². The van der Waals surface area contributed by atoms with E-state index in [4.69, 9.17) is 17.0 Å². The van der Waals surface area contributed by atoms with E-state index in [1.807, 2.05) is 66.7 Å². The van der Waals surface area contributed by atoms with Crippen molar-refractivity contribution in [1.82, 2.24) is 5.32 Å². The van der Waals surface area contributed by atoms with E-state index >= 15 is 0 Å². The Morgan fingerprint density at radius 3 is 2.13 bits per heavy atom. The number of nitrogens with one attached hydrogen (secondary N) is 3. The van der Waals surface area contributed by atoms with Crippen molar-refractivity contribution >= 4 is 56.4 Å². The van der Waals surface area contributed by atoms with Gasteiger partial charge < -0.3 is 15.4 Å². The zero-order valence-electron chi connectivity index (χ0n) is 20.4. The number of ether oxygens (including phenoxy) is 1. The van der Waals surface area contributed by atoms with E-state index in [0.29, 0.717) is 29.3 Å². The minimum Gasteiger partial charge on any atom is -0.492 e. The van der Waals surface area contributed by atoms with Crippen molar-refractivity contribution in [2.75, 3.05) is 17.2 Å². The fourth-order valence-corrected chi connectivity index (χ4v) is 4.29. The van der Waals surface area contributed by atoms with Gasteiger partial charge in [-0.15, -0.1) is 0 Å². The third-order valence-electron chi connectivity index (χ3n) is 5.52. The summed E-state index contributed by atoms with van der Waals surface area (Å²) in [5.74, 6) is -0.0583. The molecule has 4 rings (SSSR count). The molecule has 6 nitrogen and oxygen atoms in total. The lowest BCUT2D eigenvalue weighted by atomic mass is 10.1. The van der Waals surface area contributed by atoms with Crippen molar-refractivity contribution in [2.45, 2.75) is 12.8 Å². The Bertz CT molecular complexity index is 1410. The van der Waals surface area contributed by atoms with E-state index < -0.39 is 5.91 Å². The Kier molecular flexibility index (Phi) is 9.61. The summed E-state index contributed by atoms with van der Waals surface area (Å²) in [6.07, 6.45) is 0.992. The molecule has 0 atom stereocenters. The summed E-state index contributed by atoms with van der Waals surface area (Å²) in [6.45, 7) is 0.428. The molecule has 0 bridgehead atoms. The monoisotopic (exact) mass is 587 g/mol. The molecule has 0 unspecified atom stereocenters. The predicted octanol–water partition coefficient (Wildman–Crippen LogP) is 6.38. The van der Waals surface area contributed by atoms with E-state index in [1.54, 1.807) is 36.4 Å². The van der Waals surface area contributed by atoms with Gasteiger partial charge in [0.15, 0.2) is 5.11 Å². The quantitative estimate of drug-likeness (QED) is 0.198. The third-order valence-corrected chi connectivity index (χ3v) is 6.21. The first kappa shape index (κ1) is 27.0. The van der Waals surface area contributed by atoms with Gasteiger partial charge in [-0.25, -0.2) is 0 Å². The standard InChI is InChI=1S/C30H26BrN3O3S/c31-23-14-15-27(37-17-16-21-8-3-1-4-9-21)26(19-23)29(36)34-30(38)33-25-13-7-12-24(20-25)32-28(35)18-22-10-5-2-6-11-22/h1-15,19-20H,16-18H2,(H,32,35)(H2,33,34,36,38). The lowest BCUT2D eigenvalue weighted by Gasteiger charge is -2.14. The second kappa shape index (κ2) is 13.5. The number of hydrogen-bond donors (Lipinski definition) is 3. The van der Waals surface area contributed by atoms with Gasteiger partial charge in [0, 0.05) is 22.3 Å². The molecule has 8 heteroatoms. The Balaban J connectivity index is 1.33. The van der Waals surface area contributed by atoms with Gasteiger partial charge in [-0.1, -0.05) is 82.7 Å². The minimum atomic E-state index is -0.397. The van der Waals surface area contributed by atoms with Crippen LogP contribution in [0.15, 0.2) is 108 Å². The number of carbonyl (C=O) groups is 2. The number of halogens is 1. The Labute approximate surface area is 235 Å². The van der Waals surface area contributed by atoms with Crippen LogP contribution in [0.4, 0.5) is 11.4 Å². The van der Waals surface area contributed by atoms with E-state index in [0.717, 1.165) is 22.0 Å². The van der Waals surface area contributed by atoms with Gasteiger partial charge in [0.2, 0.25) is 5.91 Å². The van der Waals surface area contributed by atoms with Crippen LogP contribution in [0.25, 0.3) is 0 Å². The molecule has 0 aromatic heterocycles. The molecule has 0 aliphatic heterocycles. The zero-order valence-corrected chi connectivity index (χ0v) is 22.8. The molecular formula is C30H26BrN3O3S. The Hall–Kier alpha value is -4.01. The van der Waals surface area contributed by atoms with Gasteiger partial charge in [-0.3, -0.25) is 14.9 Å². The summed E-state index contributed by atoms with van der Waals surface area (Å²) in [7, 11) is 0. The molecule has 0 radical (unpaired) electrons. The molecule has 4 aromatic rings. The van der Waals surface area contributed by atoms with Crippen LogP contribution in [0.1, 0.15) is 21.5 Å². The summed E-state index contributed by atoms with van der Waals surface area (Å²) in [4.78, 5) is 25.4. The molecule has 0 aliphatic rings. The SMILES string of the molecule is O=C(Cc1ccccc1)Nc1cccc(NC(=S)NC(=O)c2cc(Br)ccc2OCCc2ccccc2)c1. The van der Waals surface area contributed by atoms with Gasteiger partial charge in [0.1, 0.15) is 5.75 Å². The third kappa shape index (κ3) is 8.26. The molecule has 4 aromatic carbocycles. The van der Waals surface area contributed by atoms with Crippen molar-refractivity contribution in [2.24, 2.45) is 0 Å². The number of thiocarbonyl (C=S) groups is 1. The summed E-state index contributed by atoms with van der Waals surface area (Å²) in [5, 5.41) is 8.71. The van der Waals surface area contributed by atoms with Gasteiger partial charge in [0.25, 0.3) is 5.91 Å². The molecule has 2 amide bonds. The second-order valence-corrected chi connectivity index (χ2v) is 9.75. The normalized spacial score (nSPS) is 10.3. The Morgan fingerprint density at radius 1 is 0.763 bits per heavy atom. The summed E-state index contributed by atoms with van der Waals surface area (Å²) < 4.78 is 6.67. The zero-order chi connectivity index (χ0) is 26.7. The highest BCUT2D eigenvalue weighted by Gasteiger charge is 2.15. The van der Waals surface area contributed by atoms with Crippen LogP contribution in [0.3, 0.4) is 0 Å². The maximum absolute atomic E-state index is 13.0. The van der Waals surface area contributed by atoms with E-state index in [9.17, 15) is 9.59 Å². The van der Waals surface area contributed by atoms with Crippen molar-refractivity contribution in [3.63, 3.8) is 0 Å². The number of amides is 2. The number of hydrogen-bond acceptors (Lipinski definition) is 4. The number of carbonyl (C=O) groups excluding carboxylic acids is 2. The van der Waals surface area contributed by atoms with Crippen molar-refractivity contribution < 1.29 is 14.3 Å². The molecule has 0 spiro atoms. The number of benzene rings is 4. The fourth-order valence-electron chi connectivity index (χ4n) is 3.72. The van der Waals surface area contributed by atoms with Crippen LogP contribution in [-0.2, 0) is 17.6 Å². The van der Waals surface area contributed by atoms with E-state index in [1.165, 1.54) is 0 Å². The largest absolute Gasteiger partial charge is 0.492 e. The topological polar surface area (TPSA) is 79.5 Å². The highest BCUT2D eigenvalue weighted by Crippen LogP contribution is 2.24. The minimum absolute atomic E-state index is 0.123. The maximum atomic E-state index is 13.0. The van der Waals surface area contributed by atoms with Gasteiger partial charge in [0.05, 0.1) is 18.6 Å². The highest BCUT2D eigenvalue weighted by atomic mass is 79.9. The summed E-state index contributed by atoms with van der Waals surface area (Å²) >= 11 is 8.79. The predicted molar refractivity (Wildman–Crippen MR) is 159 cm³/mol. The molecule has 0 fully saturated rings. The highest BCUT2D eigenvalue weighted by molar-refractivity contribution is 9.10. The maximum Gasteiger partial charge on any atom is 0.261 e. The molecule has 38 heavy (non-hydrogen) atoms. The molecular weight excluding hydrogens is 562 g/mol. The van der Waals surface area contributed by atoms with Crippen LogP contribution in [0.5, 0.6) is 5.75 Å². The van der Waals surface area contributed by atoms with Crippen molar-refractivity contribution in [1.29, 1.82) is 0 Å². The molecule has 3 N–H and O–H groups in total. The first-order valence-corrected chi connectivity index (χ1v) is 13.2. The molecule has 0 saturated heterocycles. The van der Waals surface area contributed by atoms with Crippen LogP contribution in [0, 0.1) is 0 Å². The van der Waals surface area contributed by atoms with Crippen molar-refractivity contribution in [3.05, 3.63) is 124 Å². The fraction of sp³-hybridized carbons (Fsp3) is 0.100. The smallest absolute Gasteiger partial charge is 0.261 e.